The average molecular weight is 339 g/mol. The summed E-state index contributed by atoms with van der Waals surface area (Å²) in [7, 11) is 0. The summed E-state index contributed by atoms with van der Waals surface area (Å²) in [6, 6.07) is 13.8. The molecule has 1 heterocycles. The van der Waals surface area contributed by atoms with Gasteiger partial charge in [0.05, 0.1) is 0 Å². The smallest absolute Gasteiger partial charge is 0.410 e. The number of fused-ring (bicyclic) bond motifs is 1. The Morgan fingerprint density at radius 2 is 1.64 bits per heavy atom. The zero-order valence-corrected chi connectivity index (χ0v) is 15.1. The predicted octanol–water partition coefficient (Wildman–Crippen LogP) is 4.67. The number of ether oxygens (including phenoxy) is 1. The summed E-state index contributed by atoms with van der Waals surface area (Å²) in [6.07, 6.45) is 1.08. The predicted molar refractivity (Wildman–Crippen MR) is 98.8 cm³/mol. The van der Waals surface area contributed by atoms with Crippen molar-refractivity contribution in [2.24, 2.45) is 5.92 Å². The molecular formula is C21H25NO3. The Balaban J connectivity index is 1.68. The minimum absolute atomic E-state index is 0.0375. The van der Waals surface area contributed by atoms with E-state index in [4.69, 9.17) is 4.74 Å². The van der Waals surface area contributed by atoms with Crippen LogP contribution in [0.4, 0.5) is 4.79 Å². The van der Waals surface area contributed by atoms with Gasteiger partial charge in [0.15, 0.2) is 5.78 Å². The monoisotopic (exact) mass is 339 g/mol. The first-order valence-electron chi connectivity index (χ1n) is 8.85. The Hall–Kier alpha value is -2.36. The molecule has 2 aromatic carbocycles. The number of ketones is 1. The van der Waals surface area contributed by atoms with Crippen LogP contribution in [0, 0.1) is 5.92 Å². The van der Waals surface area contributed by atoms with Crippen molar-refractivity contribution in [3.05, 3.63) is 48.0 Å². The highest BCUT2D eigenvalue weighted by atomic mass is 16.6. The van der Waals surface area contributed by atoms with Gasteiger partial charge in [0.25, 0.3) is 0 Å². The van der Waals surface area contributed by atoms with Crippen LogP contribution in [0.1, 0.15) is 44.0 Å². The largest absolute Gasteiger partial charge is 0.444 e. The minimum atomic E-state index is -0.493. The molecule has 0 N–H and O–H groups in total. The fourth-order valence-corrected chi connectivity index (χ4v) is 3.31. The first-order chi connectivity index (χ1) is 11.8. The Bertz CT molecular complexity index is 778. The van der Waals surface area contributed by atoms with E-state index in [1.54, 1.807) is 4.90 Å². The molecule has 0 bridgehead atoms. The van der Waals surface area contributed by atoms with Gasteiger partial charge in [-0.3, -0.25) is 4.79 Å². The second-order valence-electron chi connectivity index (χ2n) is 7.63. The zero-order chi connectivity index (χ0) is 18.0. The fraction of sp³-hybridized carbons (Fsp3) is 0.429. The Morgan fingerprint density at radius 3 is 2.32 bits per heavy atom. The maximum absolute atomic E-state index is 13.0. The number of likely N-dealkylation sites (tertiary alicyclic amines) is 1. The number of carbonyl (C=O) groups is 2. The molecule has 3 rings (SSSR count). The van der Waals surface area contributed by atoms with Gasteiger partial charge in [-0.2, -0.15) is 0 Å². The lowest BCUT2D eigenvalue weighted by molar-refractivity contribution is 0.0182. The number of benzene rings is 2. The maximum Gasteiger partial charge on any atom is 0.410 e. The summed E-state index contributed by atoms with van der Waals surface area (Å²) in [5.41, 5.74) is 0.293. The number of amides is 1. The van der Waals surface area contributed by atoms with Gasteiger partial charge < -0.3 is 9.64 Å². The second-order valence-corrected chi connectivity index (χ2v) is 7.63. The minimum Gasteiger partial charge on any atom is -0.444 e. The van der Waals surface area contributed by atoms with Crippen LogP contribution >= 0.6 is 0 Å². The summed E-state index contributed by atoms with van der Waals surface area (Å²) in [5.74, 6) is 0.144. The molecule has 0 aromatic heterocycles. The molecule has 0 aliphatic carbocycles. The lowest BCUT2D eigenvalue weighted by Gasteiger charge is -2.33. The van der Waals surface area contributed by atoms with Crippen molar-refractivity contribution in [1.82, 2.24) is 4.90 Å². The number of Topliss-reactive ketones (excluding diaryl/α,β-unsaturated/α-hetero) is 1. The number of carbonyl (C=O) groups excluding carboxylic acids is 2. The summed E-state index contributed by atoms with van der Waals surface area (Å²) >= 11 is 0. The van der Waals surface area contributed by atoms with E-state index >= 15 is 0 Å². The lowest BCUT2D eigenvalue weighted by Crippen LogP contribution is -2.43. The third-order valence-corrected chi connectivity index (χ3v) is 4.57. The molecule has 1 amide bonds. The first-order valence-corrected chi connectivity index (χ1v) is 8.85. The van der Waals surface area contributed by atoms with Crippen molar-refractivity contribution < 1.29 is 14.3 Å². The molecule has 0 unspecified atom stereocenters. The molecule has 0 radical (unpaired) electrons. The second kappa shape index (κ2) is 6.87. The highest BCUT2D eigenvalue weighted by Crippen LogP contribution is 2.27. The van der Waals surface area contributed by atoms with Gasteiger partial charge in [-0.25, -0.2) is 4.79 Å². The van der Waals surface area contributed by atoms with Crippen LogP contribution in [0.2, 0.25) is 0 Å². The van der Waals surface area contributed by atoms with Gasteiger partial charge in [0.1, 0.15) is 5.60 Å². The zero-order valence-electron chi connectivity index (χ0n) is 15.1. The molecular weight excluding hydrogens is 314 g/mol. The van der Waals surface area contributed by atoms with E-state index in [9.17, 15) is 9.59 Å². The van der Waals surface area contributed by atoms with Crippen molar-refractivity contribution in [3.63, 3.8) is 0 Å². The number of piperidine rings is 1. The third kappa shape index (κ3) is 4.01. The molecule has 1 aliphatic rings. The van der Waals surface area contributed by atoms with E-state index in [0.717, 1.165) is 16.3 Å². The molecule has 4 nitrogen and oxygen atoms in total. The standard InChI is InChI=1S/C21H25NO3/c1-21(2,3)25-20(24)22-13-11-16(12-14-22)19(23)18-10-6-8-15-7-4-5-9-17(15)18/h4-10,16H,11-14H2,1-3H3. The van der Waals surface area contributed by atoms with E-state index in [1.165, 1.54) is 0 Å². The molecule has 1 saturated heterocycles. The summed E-state index contributed by atoms with van der Waals surface area (Å²) in [5, 5.41) is 2.09. The molecule has 132 valence electrons. The van der Waals surface area contributed by atoms with E-state index in [1.807, 2.05) is 63.2 Å². The number of nitrogens with zero attached hydrogens (tertiary/aromatic N) is 1. The van der Waals surface area contributed by atoms with Crippen LogP contribution in [0.5, 0.6) is 0 Å². The number of hydrogen-bond acceptors (Lipinski definition) is 3. The summed E-state index contributed by atoms with van der Waals surface area (Å²) in [4.78, 5) is 26.8. The van der Waals surface area contributed by atoms with Gasteiger partial charge in [0.2, 0.25) is 0 Å². The van der Waals surface area contributed by atoms with Crippen molar-refractivity contribution in [1.29, 1.82) is 0 Å². The molecule has 0 atom stereocenters. The van der Waals surface area contributed by atoms with Gasteiger partial charge in [0, 0.05) is 24.6 Å². The average Bonchev–Trinajstić information content (AvgIpc) is 2.59. The number of rotatable bonds is 2. The molecule has 0 saturated carbocycles. The third-order valence-electron chi connectivity index (χ3n) is 4.57. The van der Waals surface area contributed by atoms with E-state index in [2.05, 4.69) is 0 Å². The summed E-state index contributed by atoms with van der Waals surface area (Å²) in [6.45, 7) is 6.72. The lowest BCUT2D eigenvalue weighted by atomic mass is 9.87. The van der Waals surface area contributed by atoms with Crippen molar-refractivity contribution in [2.45, 2.75) is 39.2 Å². The van der Waals surface area contributed by atoms with Crippen molar-refractivity contribution in [3.8, 4) is 0 Å². The molecule has 25 heavy (non-hydrogen) atoms. The maximum atomic E-state index is 13.0. The van der Waals surface area contributed by atoms with E-state index in [-0.39, 0.29) is 17.8 Å². The van der Waals surface area contributed by atoms with Gasteiger partial charge in [-0.05, 0) is 44.4 Å². The molecule has 4 heteroatoms. The van der Waals surface area contributed by atoms with Crippen molar-refractivity contribution >= 4 is 22.6 Å². The van der Waals surface area contributed by atoms with Crippen LogP contribution in [-0.2, 0) is 4.74 Å². The van der Waals surface area contributed by atoms with Crippen LogP contribution in [0.25, 0.3) is 10.8 Å². The molecule has 1 fully saturated rings. The molecule has 0 spiro atoms. The van der Waals surface area contributed by atoms with Crippen molar-refractivity contribution in [2.75, 3.05) is 13.1 Å². The van der Waals surface area contributed by atoms with Gasteiger partial charge in [-0.15, -0.1) is 0 Å². The first kappa shape index (κ1) is 17.5. The summed E-state index contributed by atoms with van der Waals surface area (Å²) < 4.78 is 5.42. The fourth-order valence-electron chi connectivity index (χ4n) is 3.31. The quantitative estimate of drug-likeness (QED) is 0.747. The molecule has 2 aromatic rings. The van der Waals surface area contributed by atoms with E-state index < -0.39 is 5.60 Å². The topological polar surface area (TPSA) is 46.6 Å². The van der Waals surface area contributed by atoms with Crippen LogP contribution < -0.4 is 0 Å². The van der Waals surface area contributed by atoms with Crippen LogP contribution in [0.3, 0.4) is 0 Å². The Kier molecular flexibility index (Phi) is 4.80. The Morgan fingerprint density at radius 1 is 1.00 bits per heavy atom. The van der Waals surface area contributed by atoms with Gasteiger partial charge >= 0.3 is 6.09 Å². The SMILES string of the molecule is CC(C)(C)OC(=O)N1CCC(C(=O)c2cccc3ccccc23)CC1. The van der Waals surface area contributed by atoms with Crippen LogP contribution in [-0.4, -0.2) is 35.5 Å². The Labute approximate surface area is 148 Å². The van der Waals surface area contributed by atoms with Crippen LogP contribution in [0.15, 0.2) is 42.5 Å². The van der Waals surface area contributed by atoms with Gasteiger partial charge in [-0.1, -0.05) is 42.5 Å². The normalized spacial score (nSPS) is 16.0. The highest BCUT2D eigenvalue weighted by molar-refractivity contribution is 6.09. The number of hydrogen-bond donors (Lipinski definition) is 0. The highest BCUT2D eigenvalue weighted by Gasteiger charge is 2.30. The molecule has 1 aliphatic heterocycles. The van der Waals surface area contributed by atoms with E-state index in [0.29, 0.717) is 25.9 Å².